The van der Waals surface area contributed by atoms with Crippen molar-refractivity contribution in [2.75, 3.05) is 5.32 Å². The van der Waals surface area contributed by atoms with Crippen LogP contribution in [0.15, 0.2) is 65.6 Å². The molecule has 8 heteroatoms. The Hall–Kier alpha value is -3.13. The molecule has 0 saturated carbocycles. The first-order valence-electron chi connectivity index (χ1n) is 9.44. The van der Waals surface area contributed by atoms with Crippen LogP contribution in [0.3, 0.4) is 0 Å². The zero-order valence-corrected chi connectivity index (χ0v) is 17.2. The molecule has 1 aromatic heterocycles. The Morgan fingerprint density at radius 2 is 1.76 bits per heavy atom. The van der Waals surface area contributed by atoms with Crippen LogP contribution in [0.1, 0.15) is 31.0 Å². The minimum absolute atomic E-state index is 0.0423. The Labute approximate surface area is 170 Å². The summed E-state index contributed by atoms with van der Waals surface area (Å²) in [6.45, 7) is 3.89. The third-order valence-corrected chi connectivity index (χ3v) is 5.70. The Kier molecular flexibility index (Phi) is 6.33. The van der Waals surface area contributed by atoms with Crippen molar-refractivity contribution >= 4 is 21.9 Å². The van der Waals surface area contributed by atoms with Crippen molar-refractivity contribution in [3.63, 3.8) is 0 Å². The van der Waals surface area contributed by atoms with E-state index in [1.807, 2.05) is 30.3 Å². The number of carbonyl (C=O) groups is 1. The highest BCUT2D eigenvalue weighted by atomic mass is 32.2. The molecule has 3 rings (SSSR count). The smallest absolute Gasteiger partial charge is 0.291 e. The number of nitrogens with one attached hydrogen (secondary N) is 2. The van der Waals surface area contributed by atoms with Crippen LogP contribution in [0, 0.1) is 6.92 Å². The third kappa shape index (κ3) is 5.23. The summed E-state index contributed by atoms with van der Waals surface area (Å²) in [5.41, 5.74) is 2.51. The van der Waals surface area contributed by atoms with Crippen LogP contribution in [-0.2, 0) is 16.4 Å². The predicted molar refractivity (Wildman–Crippen MR) is 113 cm³/mol. The van der Waals surface area contributed by atoms with Gasteiger partial charge in [0.2, 0.25) is 0 Å². The first-order chi connectivity index (χ1) is 13.9. The zero-order chi connectivity index (χ0) is 20.9. The number of unbranched alkanes of at least 4 members (excludes halogenated alkanes) is 1. The lowest BCUT2D eigenvalue weighted by Crippen LogP contribution is -2.34. The van der Waals surface area contributed by atoms with E-state index in [9.17, 15) is 13.2 Å². The molecule has 0 aliphatic heterocycles. The van der Waals surface area contributed by atoms with Gasteiger partial charge in [0.15, 0.2) is 0 Å². The van der Waals surface area contributed by atoms with Crippen molar-refractivity contribution in [3.8, 4) is 5.69 Å². The van der Waals surface area contributed by atoms with Gasteiger partial charge in [0.25, 0.3) is 10.0 Å². The summed E-state index contributed by atoms with van der Waals surface area (Å²) in [5, 5.41) is 6.91. The van der Waals surface area contributed by atoms with Crippen LogP contribution in [0.2, 0.25) is 0 Å². The van der Waals surface area contributed by atoms with Gasteiger partial charge < -0.3 is 0 Å². The standard InChI is InChI=1S/C21H24N4O3S/c1-3-4-8-17-11-13-19(14-12-17)29(27,28)24-21(26)22-20-15-16(2)23-25(20)18-9-6-5-7-10-18/h5-7,9-15H,3-4,8H2,1-2H3,(H2,22,24,26). The molecule has 0 fully saturated rings. The lowest BCUT2D eigenvalue weighted by atomic mass is 10.1. The molecule has 0 spiro atoms. The number of aryl methyl sites for hydroxylation is 2. The van der Waals surface area contributed by atoms with E-state index in [0.29, 0.717) is 11.5 Å². The molecule has 3 aromatic rings. The van der Waals surface area contributed by atoms with E-state index in [0.717, 1.165) is 30.5 Å². The molecule has 0 aliphatic rings. The van der Waals surface area contributed by atoms with Crippen molar-refractivity contribution in [2.45, 2.75) is 38.0 Å². The van der Waals surface area contributed by atoms with E-state index in [-0.39, 0.29) is 4.90 Å². The molecule has 2 aromatic carbocycles. The monoisotopic (exact) mass is 412 g/mol. The van der Waals surface area contributed by atoms with E-state index in [1.54, 1.807) is 29.8 Å². The minimum Gasteiger partial charge on any atom is -0.291 e. The van der Waals surface area contributed by atoms with Crippen LogP contribution in [0.25, 0.3) is 5.69 Å². The number of hydrogen-bond donors (Lipinski definition) is 2. The summed E-state index contributed by atoms with van der Waals surface area (Å²) in [4.78, 5) is 12.4. The summed E-state index contributed by atoms with van der Waals surface area (Å²) in [5.74, 6) is 0.372. The summed E-state index contributed by atoms with van der Waals surface area (Å²) >= 11 is 0. The molecule has 0 unspecified atom stereocenters. The highest BCUT2D eigenvalue weighted by Gasteiger charge is 2.19. The number of rotatable bonds is 7. The highest BCUT2D eigenvalue weighted by molar-refractivity contribution is 7.90. The van der Waals surface area contributed by atoms with Gasteiger partial charge in [-0.2, -0.15) is 5.10 Å². The van der Waals surface area contributed by atoms with Gasteiger partial charge in [0.1, 0.15) is 5.82 Å². The number of sulfonamides is 1. The molecule has 0 atom stereocenters. The number of nitrogens with zero attached hydrogens (tertiary/aromatic N) is 2. The molecule has 0 aliphatic carbocycles. The van der Waals surface area contributed by atoms with Crippen LogP contribution >= 0.6 is 0 Å². The second-order valence-electron chi connectivity index (χ2n) is 6.73. The quantitative estimate of drug-likeness (QED) is 0.613. The average Bonchev–Trinajstić information content (AvgIpc) is 3.06. The van der Waals surface area contributed by atoms with E-state index < -0.39 is 16.1 Å². The molecule has 2 amide bonds. The Balaban J connectivity index is 1.72. The van der Waals surface area contributed by atoms with Crippen molar-refractivity contribution in [3.05, 3.63) is 71.9 Å². The molecule has 0 saturated heterocycles. The average molecular weight is 413 g/mol. The zero-order valence-electron chi connectivity index (χ0n) is 16.4. The Morgan fingerprint density at radius 3 is 2.41 bits per heavy atom. The molecule has 29 heavy (non-hydrogen) atoms. The lowest BCUT2D eigenvalue weighted by Gasteiger charge is -2.11. The van der Waals surface area contributed by atoms with Crippen LogP contribution in [-0.4, -0.2) is 24.2 Å². The van der Waals surface area contributed by atoms with Gasteiger partial charge >= 0.3 is 6.03 Å². The topological polar surface area (TPSA) is 93.1 Å². The summed E-state index contributed by atoms with van der Waals surface area (Å²) in [7, 11) is -3.98. The van der Waals surface area contributed by atoms with E-state index in [4.69, 9.17) is 0 Å². The molecule has 2 N–H and O–H groups in total. The van der Waals surface area contributed by atoms with Crippen LogP contribution in [0.4, 0.5) is 10.6 Å². The minimum atomic E-state index is -3.98. The second kappa shape index (κ2) is 8.91. The maximum atomic E-state index is 12.5. The number of benzene rings is 2. The fourth-order valence-corrected chi connectivity index (χ4v) is 3.80. The van der Waals surface area contributed by atoms with Crippen molar-refractivity contribution in [1.29, 1.82) is 0 Å². The molecule has 0 bridgehead atoms. The maximum absolute atomic E-state index is 12.5. The van der Waals surface area contributed by atoms with Crippen molar-refractivity contribution in [2.24, 2.45) is 0 Å². The summed E-state index contributed by atoms with van der Waals surface area (Å²) < 4.78 is 28.6. The summed E-state index contributed by atoms with van der Waals surface area (Å²) in [6.07, 6.45) is 3.01. The first kappa shape index (κ1) is 20.6. The first-order valence-corrected chi connectivity index (χ1v) is 10.9. The summed E-state index contributed by atoms with van der Waals surface area (Å²) in [6, 6.07) is 16.6. The highest BCUT2D eigenvalue weighted by Crippen LogP contribution is 2.17. The largest absolute Gasteiger partial charge is 0.334 e. The number of aromatic nitrogens is 2. The lowest BCUT2D eigenvalue weighted by molar-refractivity contribution is 0.256. The molecule has 7 nitrogen and oxygen atoms in total. The third-order valence-electron chi connectivity index (χ3n) is 4.35. The SMILES string of the molecule is CCCCc1ccc(S(=O)(=O)NC(=O)Nc2cc(C)nn2-c2ccccc2)cc1. The fraction of sp³-hybridized carbons (Fsp3) is 0.238. The number of hydrogen-bond acceptors (Lipinski definition) is 4. The Bertz CT molecular complexity index is 1070. The van der Waals surface area contributed by atoms with Gasteiger partial charge in [-0.3, -0.25) is 5.32 Å². The number of anilines is 1. The van der Waals surface area contributed by atoms with Crippen LogP contribution < -0.4 is 10.0 Å². The second-order valence-corrected chi connectivity index (χ2v) is 8.41. The van der Waals surface area contributed by atoms with Gasteiger partial charge in [-0.25, -0.2) is 22.6 Å². The molecular formula is C21H24N4O3S. The van der Waals surface area contributed by atoms with E-state index >= 15 is 0 Å². The maximum Gasteiger partial charge on any atom is 0.334 e. The molecule has 152 valence electrons. The van der Waals surface area contributed by atoms with Gasteiger partial charge in [-0.1, -0.05) is 43.7 Å². The van der Waals surface area contributed by atoms with Crippen LogP contribution in [0.5, 0.6) is 0 Å². The van der Waals surface area contributed by atoms with E-state index in [2.05, 4.69) is 22.1 Å². The van der Waals surface area contributed by atoms with Gasteiger partial charge in [0.05, 0.1) is 16.3 Å². The van der Waals surface area contributed by atoms with Gasteiger partial charge in [-0.05, 0) is 49.6 Å². The van der Waals surface area contributed by atoms with Crippen molar-refractivity contribution in [1.82, 2.24) is 14.5 Å². The number of urea groups is 1. The van der Waals surface area contributed by atoms with Gasteiger partial charge in [0, 0.05) is 6.07 Å². The van der Waals surface area contributed by atoms with E-state index in [1.165, 1.54) is 12.1 Å². The molecule has 0 radical (unpaired) electrons. The number of amides is 2. The fourth-order valence-electron chi connectivity index (χ4n) is 2.89. The predicted octanol–water partition coefficient (Wildman–Crippen LogP) is 4.03. The van der Waals surface area contributed by atoms with Crippen molar-refractivity contribution < 1.29 is 13.2 Å². The van der Waals surface area contributed by atoms with Gasteiger partial charge in [-0.15, -0.1) is 0 Å². The number of para-hydroxylation sites is 1. The Morgan fingerprint density at radius 1 is 1.07 bits per heavy atom. The molecular weight excluding hydrogens is 388 g/mol. The normalized spacial score (nSPS) is 11.2. The molecule has 1 heterocycles. The number of carbonyl (C=O) groups excluding carboxylic acids is 1.